The summed E-state index contributed by atoms with van der Waals surface area (Å²) in [5.74, 6) is 1.51. The second-order valence-corrected chi connectivity index (χ2v) is 4.98. The summed E-state index contributed by atoms with van der Waals surface area (Å²) in [7, 11) is 1.88. The first-order chi connectivity index (χ1) is 10.9. The Kier molecular flexibility index (Phi) is 4.51. The minimum Gasteiger partial charge on any atom is -0.488 e. The zero-order valence-electron chi connectivity index (χ0n) is 12.5. The van der Waals surface area contributed by atoms with E-state index < -0.39 is 0 Å². The number of aromatic nitrogens is 1. The molecule has 4 heteroatoms. The smallest absolute Gasteiger partial charge is 0.170 e. The van der Waals surface area contributed by atoms with E-state index in [0.29, 0.717) is 18.9 Å². The minimum atomic E-state index is 0.523. The fourth-order valence-electron chi connectivity index (χ4n) is 2.23. The van der Waals surface area contributed by atoms with E-state index in [4.69, 9.17) is 9.26 Å². The molecule has 0 atom stereocenters. The van der Waals surface area contributed by atoms with Gasteiger partial charge < -0.3 is 14.6 Å². The summed E-state index contributed by atoms with van der Waals surface area (Å²) in [6.45, 7) is 1.20. The molecule has 1 N–H and O–H groups in total. The number of nitrogens with zero attached hydrogens (tertiary/aromatic N) is 1. The second-order valence-electron chi connectivity index (χ2n) is 4.98. The lowest BCUT2D eigenvalue weighted by molar-refractivity contribution is 0.306. The number of ether oxygens (including phenoxy) is 1. The molecule has 0 bridgehead atoms. The molecule has 0 aliphatic heterocycles. The molecule has 0 aliphatic rings. The van der Waals surface area contributed by atoms with Crippen LogP contribution in [0, 0.1) is 0 Å². The number of nitrogens with one attached hydrogen (secondary N) is 1. The Morgan fingerprint density at radius 2 is 1.82 bits per heavy atom. The first-order valence-electron chi connectivity index (χ1n) is 7.23. The maximum Gasteiger partial charge on any atom is 0.170 e. The highest BCUT2D eigenvalue weighted by Gasteiger charge is 2.11. The Hall–Kier alpha value is -2.59. The van der Waals surface area contributed by atoms with Crippen molar-refractivity contribution >= 4 is 0 Å². The third kappa shape index (κ3) is 3.35. The van der Waals surface area contributed by atoms with E-state index in [1.54, 1.807) is 0 Å². The van der Waals surface area contributed by atoms with Crippen LogP contribution in [0.2, 0.25) is 0 Å². The van der Waals surface area contributed by atoms with E-state index in [2.05, 4.69) is 10.5 Å². The van der Waals surface area contributed by atoms with E-state index in [0.717, 1.165) is 22.6 Å². The average molecular weight is 294 g/mol. The molecule has 112 valence electrons. The van der Waals surface area contributed by atoms with Gasteiger partial charge in [0.2, 0.25) is 0 Å². The molecule has 1 heterocycles. The van der Waals surface area contributed by atoms with Crippen LogP contribution in [0.4, 0.5) is 0 Å². The van der Waals surface area contributed by atoms with Crippen LogP contribution in [0.25, 0.3) is 11.3 Å². The van der Waals surface area contributed by atoms with Crippen molar-refractivity contribution in [2.45, 2.75) is 13.2 Å². The highest BCUT2D eigenvalue weighted by molar-refractivity contribution is 5.65. The van der Waals surface area contributed by atoms with E-state index in [-0.39, 0.29) is 0 Å². The molecule has 3 aromatic rings. The molecule has 3 rings (SSSR count). The van der Waals surface area contributed by atoms with Crippen LogP contribution < -0.4 is 10.1 Å². The Labute approximate surface area is 129 Å². The SMILES string of the molecule is CNCc1cc(-c2ccccc2OCc2ccccc2)on1. The Bertz CT molecular complexity index is 723. The van der Waals surface area contributed by atoms with Gasteiger partial charge in [-0.25, -0.2) is 0 Å². The first kappa shape index (κ1) is 14.4. The molecule has 0 saturated heterocycles. The highest BCUT2D eigenvalue weighted by Crippen LogP contribution is 2.30. The van der Waals surface area contributed by atoms with Gasteiger partial charge in [0.25, 0.3) is 0 Å². The summed E-state index contributed by atoms with van der Waals surface area (Å²) in [4.78, 5) is 0. The van der Waals surface area contributed by atoms with Gasteiger partial charge in [-0.05, 0) is 24.7 Å². The summed E-state index contributed by atoms with van der Waals surface area (Å²) < 4.78 is 11.4. The molecular formula is C18H18N2O2. The van der Waals surface area contributed by atoms with Crippen LogP contribution in [0.3, 0.4) is 0 Å². The third-order valence-corrected chi connectivity index (χ3v) is 3.31. The number of benzene rings is 2. The maximum absolute atomic E-state index is 5.94. The van der Waals surface area contributed by atoms with Crippen LogP contribution >= 0.6 is 0 Å². The molecule has 0 saturated carbocycles. The predicted molar refractivity (Wildman–Crippen MR) is 85.5 cm³/mol. The van der Waals surface area contributed by atoms with Crippen LogP contribution in [-0.4, -0.2) is 12.2 Å². The minimum absolute atomic E-state index is 0.523. The third-order valence-electron chi connectivity index (χ3n) is 3.31. The number of hydrogen-bond donors (Lipinski definition) is 1. The largest absolute Gasteiger partial charge is 0.488 e. The Balaban J connectivity index is 1.80. The molecule has 0 radical (unpaired) electrons. The summed E-state index contributed by atoms with van der Waals surface area (Å²) in [6, 6.07) is 19.9. The molecular weight excluding hydrogens is 276 g/mol. The average Bonchev–Trinajstić information content (AvgIpc) is 3.03. The van der Waals surface area contributed by atoms with E-state index in [1.807, 2.05) is 67.7 Å². The summed E-state index contributed by atoms with van der Waals surface area (Å²) in [6.07, 6.45) is 0. The van der Waals surface area contributed by atoms with Crippen molar-refractivity contribution in [1.82, 2.24) is 10.5 Å². The molecule has 0 amide bonds. The maximum atomic E-state index is 5.94. The van der Waals surface area contributed by atoms with Gasteiger partial charge >= 0.3 is 0 Å². The van der Waals surface area contributed by atoms with Crippen molar-refractivity contribution in [3.63, 3.8) is 0 Å². The molecule has 0 aliphatic carbocycles. The molecule has 4 nitrogen and oxygen atoms in total. The summed E-state index contributed by atoms with van der Waals surface area (Å²) >= 11 is 0. The van der Waals surface area contributed by atoms with Crippen molar-refractivity contribution < 1.29 is 9.26 Å². The van der Waals surface area contributed by atoms with Gasteiger partial charge in [0.1, 0.15) is 12.4 Å². The lowest BCUT2D eigenvalue weighted by Gasteiger charge is -2.09. The highest BCUT2D eigenvalue weighted by atomic mass is 16.5. The first-order valence-corrected chi connectivity index (χ1v) is 7.23. The van der Waals surface area contributed by atoms with Crippen molar-refractivity contribution in [3.05, 3.63) is 71.9 Å². The quantitative estimate of drug-likeness (QED) is 0.754. The second kappa shape index (κ2) is 6.91. The van der Waals surface area contributed by atoms with Crippen LogP contribution in [0.5, 0.6) is 5.75 Å². The van der Waals surface area contributed by atoms with Crippen LogP contribution in [-0.2, 0) is 13.2 Å². The number of hydrogen-bond acceptors (Lipinski definition) is 4. The summed E-state index contributed by atoms with van der Waals surface area (Å²) in [5.41, 5.74) is 2.91. The standard InChI is InChI=1S/C18H18N2O2/c1-19-12-15-11-18(22-20-15)16-9-5-6-10-17(16)21-13-14-7-3-2-4-8-14/h2-11,19H,12-13H2,1H3. The van der Waals surface area contributed by atoms with Crippen molar-refractivity contribution in [2.24, 2.45) is 0 Å². The van der Waals surface area contributed by atoms with Crippen LogP contribution in [0.1, 0.15) is 11.3 Å². The number of rotatable bonds is 6. The zero-order chi connectivity index (χ0) is 15.2. The molecule has 0 unspecified atom stereocenters. The molecule has 1 aromatic heterocycles. The molecule has 0 fully saturated rings. The van der Waals surface area contributed by atoms with Gasteiger partial charge in [0.05, 0.1) is 11.3 Å². The van der Waals surface area contributed by atoms with Gasteiger partial charge in [-0.3, -0.25) is 0 Å². The molecule has 22 heavy (non-hydrogen) atoms. The van der Waals surface area contributed by atoms with Crippen molar-refractivity contribution in [2.75, 3.05) is 7.05 Å². The van der Waals surface area contributed by atoms with Gasteiger partial charge in [0.15, 0.2) is 5.76 Å². The Morgan fingerprint density at radius 3 is 2.64 bits per heavy atom. The molecule has 2 aromatic carbocycles. The zero-order valence-corrected chi connectivity index (χ0v) is 12.5. The van der Waals surface area contributed by atoms with Crippen molar-refractivity contribution in [3.8, 4) is 17.1 Å². The molecule has 0 spiro atoms. The summed E-state index contributed by atoms with van der Waals surface area (Å²) in [5, 5.41) is 7.10. The van der Waals surface area contributed by atoms with Gasteiger partial charge in [-0.15, -0.1) is 0 Å². The number of para-hydroxylation sites is 1. The lowest BCUT2D eigenvalue weighted by Crippen LogP contribution is -2.04. The van der Waals surface area contributed by atoms with Crippen LogP contribution in [0.15, 0.2) is 65.2 Å². The van der Waals surface area contributed by atoms with E-state index in [1.165, 1.54) is 0 Å². The Morgan fingerprint density at radius 1 is 1.05 bits per heavy atom. The van der Waals surface area contributed by atoms with Gasteiger partial charge in [0, 0.05) is 12.6 Å². The van der Waals surface area contributed by atoms with Crippen molar-refractivity contribution in [1.29, 1.82) is 0 Å². The lowest BCUT2D eigenvalue weighted by atomic mass is 10.1. The van der Waals surface area contributed by atoms with E-state index in [9.17, 15) is 0 Å². The normalized spacial score (nSPS) is 10.6. The fourth-order valence-corrected chi connectivity index (χ4v) is 2.23. The topological polar surface area (TPSA) is 47.3 Å². The van der Waals surface area contributed by atoms with Gasteiger partial charge in [-0.2, -0.15) is 0 Å². The fraction of sp³-hybridized carbons (Fsp3) is 0.167. The van der Waals surface area contributed by atoms with Gasteiger partial charge in [-0.1, -0.05) is 47.6 Å². The monoisotopic (exact) mass is 294 g/mol. The predicted octanol–water partition coefficient (Wildman–Crippen LogP) is 3.64. The van der Waals surface area contributed by atoms with E-state index >= 15 is 0 Å².